The first kappa shape index (κ1) is 14.0. The van der Waals surface area contributed by atoms with Crippen LogP contribution in [0.5, 0.6) is 0 Å². The van der Waals surface area contributed by atoms with E-state index in [1.54, 1.807) is 12.1 Å². The second-order valence-electron chi connectivity index (χ2n) is 6.54. The number of likely N-dealkylation sites (N-methyl/N-ethyl adjacent to an activating group) is 1. The third-order valence-corrected chi connectivity index (χ3v) is 5.00. The van der Waals surface area contributed by atoms with E-state index in [4.69, 9.17) is 0 Å². The van der Waals surface area contributed by atoms with Crippen molar-refractivity contribution < 1.29 is 4.39 Å². The Balaban J connectivity index is 1.41. The van der Waals surface area contributed by atoms with E-state index in [9.17, 15) is 4.39 Å². The van der Waals surface area contributed by atoms with Crippen LogP contribution in [0.4, 0.5) is 4.39 Å². The highest BCUT2D eigenvalue weighted by atomic mass is 19.1. The van der Waals surface area contributed by atoms with Crippen LogP contribution in [-0.4, -0.2) is 36.6 Å². The molecule has 2 aliphatic carbocycles. The van der Waals surface area contributed by atoms with Gasteiger partial charge in [0.1, 0.15) is 5.82 Å². The lowest BCUT2D eigenvalue weighted by Crippen LogP contribution is -2.47. The van der Waals surface area contributed by atoms with Crippen LogP contribution >= 0.6 is 0 Å². The summed E-state index contributed by atoms with van der Waals surface area (Å²) in [5.74, 6) is 0.364. The largest absolute Gasteiger partial charge is 0.312 e. The number of nitrogens with zero attached hydrogens (tertiary/aromatic N) is 1. The molecule has 0 saturated heterocycles. The standard InChI is InChI=1S/C17H25FN2/c1-12(20(2)15-7-8-15)11-19-14-9-13(10-14)16-5-3-4-6-17(16)18/h3-6,12-15,19H,7-11H2,1-2H3. The Bertz CT molecular complexity index is 452. The molecule has 3 heteroatoms. The van der Waals surface area contributed by atoms with Crippen LogP contribution in [0, 0.1) is 5.82 Å². The van der Waals surface area contributed by atoms with Crippen LogP contribution in [0.2, 0.25) is 0 Å². The summed E-state index contributed by atoms with van der Waals surface area (Å²) < 4.78 is 13.7. The molecule has 0 bridgehead atoms. The lowest BCUT2D eigenvalue weighted by molar-refractivity contribution is 0.212. The van der Waals surface area contributed by atoms with Gasteiger partial charge in [-0.2, -0.15) is 0 Å². The summed E-state index contributed by atoms with van der Waals surface area (Å²) in [7, 11) is 2.23. The van der Waals surface area contributed by atoms with Crippen molar-refractivity contribution in [2.45, 2.75) is 56.7 Å². The van der Waals surface area contributed by atoms with Gasteiger partial charge in [0.05, 0.1) is 0 Å². The van der Waals surface area contributed by atoms with Crippen molar-refractivity contribution in [3.05, 3.63) is 35.6 Å². The first-order valence-electron chi connectivity index (χ1n) is 7.85. The van der Waals surface area contributed by atoms with Crippen molar-refractivity contribution in [2.75, 3.05) is 13.6 Å². The molecule has 2 nitrogen and oxygen atoms in total. The zero-order valence-corrected chi connectivity index (χ0v) is 12.5. The van der Waals surface area contributed by atoms with Crippen LogP contribution in [0.25, 0.3) is 0 Å². The lowest BCUT2D eigenvalue weighted by atomic mass is 9.75. The topological polar surface area (TPSA) is 15.3 Å². The Morgan fingerprint density at radius 2 is 2.00 bits per heavy atom. The highest BCUT2D eigenvalue weighted by molar-refractivity contribution is 5.24. The molecule has 1 N–H and O–H groups in total. The van der Waals surface area contributed by atoms with Crippen LogP contribution in [0.3, 0.4) is 0 Å². The number of hydrogen-bond donors (Lipinski definition) is 1. The van der Waals surface area contributed by atoms with Gasteiger partial charge in [-0.05, 0) is 57.2 Å². The Hall–Kier alpha value is -0.930. The van der Waals surface area contributed by atoms with E-state index in [2.05, 4.69) is 24.2 Å². The third kappa shape index (κ3) is 3.04. The molecule has 3 rings (SSSR count). The second kappa shape index (κ2) is 5.82. The van der Waals surface area contributed by atoms with Crippen LogP contribution < -0.4 is 5.32 Å². The number of nitrogens with one attached hydrogen (secondary N) is 1. The van der Waals surface area contributed by atoms with E-state index in [1.807, 2.05) is 12.1 Å². The summed E-state index contributed by atoms with van der Waals surface area (Å²) in [5.41, 5.74) is 0.897. The molecule has 0 heterocycles. The smallest absolute Gasteiger partial charge is 0.126 e. The average molecular weight is 276 g/mol. The van der Waals surface area contributed by atoms with Crippen molar-refractivity contribution in [3.8, 4) is 0 Å². The third-order valence-electron chi connectivity index (χ3n) is 5.00. The molecule has 0 amide bonds. The molecule has 0 aliphatic heterocycles. The molecule has 2 aliphatic rings. The Kier molecular flexibility index (Phi) is 4.08. The van der Waals surface area contributed by atoms with Crippen molar-refractivity contribution in [3.63, 3.8) is 0 Å². The van der Waals surface area contributed by atoms with Crippen molar-refractivity contribution >= 4 is 0 Å². The highest BCUT2D eigenvalue weighted by Gasteiger charge is 2.33. The van der Waals surface area contributed by atoms with Gasteiger partial charge in [-0.1, -0.05) is 18.2 Å². The van der Waals surface area contributed by atoms with Gasteiger partial charge in [-0.3, -0.25) is 4.90 Å². The molecule has 110 valence electrons. The van der Waals surface area contributed by atoms with E-state index in [1.165, 1.54) is 12.8 Å². The summed E-state index contributed by atoms with van der Waals surface area (Å²) in [6.07, 6.45) is 4.86. The van der Waals surface area contributed by atoms with Gasteiger partial charge in [0, 0.05) is 24.7 Å². The molecule has 0 spiro atoms. The van der Waals surface area contributed by atoms with Gasteiger partial charge in [0.2, 0.25) is 0 Å². The number of hydrogen-bond acceptors (Lipinski definition) is 2. The molecule has 0 radical (unpaired) electrons. The van der Waals surface area contributed by atoms with Crippen LogP contribution in [-0.2, 0) is 0 Å². The predicted octanol–water partition coefficient (Wildman–Crippen LogP) is 3.14. The molecule has 1 aromatic carbocycles. The quantitative estimate of drug-likeness (QED) is 0.858. The molecule has 1 atom stereocenters. The Morgan fingerprint density at radius 3 is 2.65 bits per heavy atom. The molecule has 1 unspecified atom stereocenters. The summed E-state index contributed by atoms with van der Waals surface area (Å²) in [5, 5.41) is 3.64. The van der Waals surface area contributed by atoms with Gasteiger partial charge < -0.3 is 5.32 Å². The Labute approximate surface area is 121 Å². The fourth-order valence-electron chi connectivity index (χ4n) is 3.17. The minimum atomic E-state index is -0.0437. The van der Waals surface area contributed by atoms with Gasteiger partial charge >= 0.3 is 0 Å². The van der Waals surface area contributed by atoms with Crippen molar-refractivity contribution in [1.82, 2.24) is 10.2 Å². The Morgan fingerprint density at radius 1 is 1.30 bits per heavy atom. The maximum Gasteiger partial charge on any atom is 0.126 e. The first-order valence-corrected chi connectivity index (χ1v) is 7.85. The summed E-state index contributed by atoms with van der Waals surface area (Å²) in [6, 6.07) is 9.18. The molecule has 1 aromatic rings. The molecule has 2 fully saturated rings. The van der Waals surface area contributed by atoms with Crippen LogP contribution in [0.1, 0.15) is 44.1 Å². The summed E-state index contributed by atoms with van der Waals surface area (Å²) in [6.45, 7) is 3.33. The van der Waals surface area contributed by atoms with Gasteiger partial charge in [0.25, 0.3) is 0 Å². The van der Waals surface area contributed by atoms with Crippen molar-refractivity contribution in [2.24, 2.45) is 0 Å². The predicted molar refractivity (Wildman–Crippen MR) is 80.4 cm³/mol. The van der Waals surface area contributed by atoms with Gasteiger partial charge in [0.15, 0.2) is 0 Å². The SMILES string of the molecule is CC(CNC1CC(c2ccccc2F)C1)N(C)C1CC1. The summed E-state index contributed by atoms with van der Waals surface area (Å²) in [4.78, 5) is 2.49. The molecule has 0 aromatic heterocycles. The van der Waals surface area contributed by atoms with Crippen LogP contribution in [0.15, 0.2) is 24.3 Å². The second-order valence-corrected chi connectivity index (χ2v) is 6.54. The molecule has 2 saturated carbocycles. The normalized spacial score (nSPS) is 27.4. The number of rotatable bonds is 6. The minimum absolute atomic E-state index is 0.0437. The fraction of sp³-hybridized carbons (Fsp3) is 0.647. The van der Waals surface area contributed by atoms with E-state index >= 15 is 0 Å². The zero-order chi connectivity index (χ0) is 14.1. The van der Waals surface area contributed by atoms with Gasteiger partial charge in [-0.25, -0.2) is 4.39 Å². The summed E-state index contributed by atoms with van der Waals surface area (Å²) >= 11 is 0. The van der Waals surface area contributed by atoms with E-state index in [0.717, 1.165) is 31.0 Å². The monoisotopic (exact) mass is 276 g/mol. The van der Waals surface area contributed by atoms with Crippen molar-refractivity contribution in [1.29, 1.82) is 0 Å². The number of benzene rings is 1. The molecule has 20 heavy (non-hydrogen) atoms. The van der Waals surface area contributed by atoms with Gasteiger partial charge in [-0.15, -0.1) is 0 Å². The first-order chi connectivity index (χ1) is 9.65. The average Bonchev–Trinajstić information content (AvgIpc) is 3.22. The zero-order valence-electron chi connectivity index (χ0n) is 12.5. The maximum atomic E-state index is 13.7. The maximum absolute atomic E-state index is 13.7. The molecular formula is C17H25FN2. The van der Waals surface area contributed by atoms with E-state index < -0.39 is 0 Å². The minimum Gasteiger partial charge on any atom is -0.312 e. The fourth-order valence-corrected chi connectivity index (χ4v) is 3.17. The molecular weight excluding hydrogens is 251 g/mol. The number of halogens is 1. The van der Waals surface area contributed by atoms with E-state index in [-0.39, 0.29) is 5.82 Å². The lowest BCUT2D eigenvalue weighted by Gasteiger charge is -2.38. The van der Waals surface area contributed by atoms with E-state index in [0.29, 0.717) is 18.0 Å². The highest BCUT2D eigenvalue weighted by Crippen LogP contribution is 2.38.